The van der Waals surface area contributed by atoms with E-state index in [4.69, 9.17) is 18.9 Å². The van der Waals surface area contributed by atoms with E-state index < -0.39 is 109 Å². The second-order valence-corrected chi connectivity index (χ2v) is 19.9. The molecule has 2 heterocycles. The maximum absolute atomic E-state index is 12.4. The van der Waals surface area contributed by atoms with Gasteiger partial charge in [0.25, 0.3) is 0 Å². The Hall–Kier alpha value is -0.860. The molecule has 15 heteroatoms. The number of fused-ring (bicyclic) bond motifs is 5. The van der Waals surface area contributed by atoms with Gasteiger partial charge in [-0.15, -0.1) is 0 Å². The maximum atomic E-state index is 12.4. The highest BCUT2D eigenvalue weighted by Crippen LogP contribution is 2.76. The van der Waals surface area contributed by atoms with Crippen LogP contribution >= 0.6 is 0 Å². The van der Waals surface area contributed by atoms with E-state index in [0.29, 0.717) is 38.5 Å². The summed E-state index contributed by atoms with van der Waals surface area (Å²) in [6.07, 6.45) is -7.85. The van der Waals surface area contributed by atoms with Crippen LogP contribution in [0.25, 0.3) is 0 Å². The molecule has 2 aliphatic heterocycles. The Morgan fingerprint density at radius 1 is 0.719 bits per heavy atom. The molecule has 6 fully saturated rings. The average molecular weight is 817 g/mol. The van der Waals surface area contributed by atoms with Crippen LogP contribution in [0.3, 0.4) is 0 Å². The molecule has 57 heavy (non-hydrogen) atoms. The van der Waals surface area contributed by atoms with Crippen molar-refractivity contribution in [2.75, 3.05) is 26.4 Å². The Morgan fingerprint density at radius 2 is 1.32 bits per heavy atom. The first kappa shape index (κ1) is 45.7. The van der Waals surface area contributed by atoms with Crippen molar-refractivity contribution in [2.24, 2.45) is 45.3 Å². The van der Waals surface area contributed by atoms with E-state index in [1.807, 2.05) is 19.9 Å². The zero-order valence-corrected chi connectivity index (χ0v) is 34.6. The topological polar surface area (TPSA) is 259 Å². The fourth-order valence-corrected chi connectivity index (χ4v) is 13.4. The standard InChI is InChI=1S/C42H72O15/c1-21(19-54-36-34(52)32(50)30(48)24(17-43)55-36)8-7-13-41(6,57-37-35(53)33(51)31(49)25(18-44)56-37)23-11-15-40(5)22(23)9-10-26-39(4)14-12-28(46)38(2,3)27(39)16-29(47)42(26,40)20-45/h8,22-37,43-53H,7,9-20H2,1-6H3/b21-8-/t22-,23+,24-,25-,26-,27+,28+,29+,30-,31-,32+,33+,34-,35-,36-,37+,39-,40-,41+,42+/m1/s1. The second-order valence-electron chi connectivity index (χ2n) is 19.9. The highest BCUT2D eigenvalue weighted by Gasteiger charge is 2.74. The number of ether oxygens (including phenoxy) is 4. The van der Waals surface area contributed by atoms with Gasteiger partial charge >= 0.3 is 0 Å². The Morgan fingerprint density at radius 3 is 1.91 bits per heavy atom. The molecule has 0 spiro atoms. The number of allylic oxidation sites excluding steroid dienone is 1. The number of rotatable bonds is 12. The molecule has 2 saturated heterocycles. The monoisotopic (exact) mass is 816 g/mol. The molecule has 0 aromatic carbocycles. The molecule has 6 rings (SSSR count). The summed E-state index contributed by atoms with van der Waals surface area (Å²) >= 11 is 0. The molecule has 0 aromatic rings. The Labute approximate surface area is 336 Å². The van der Waals surface area contributed by atoms with Gasteiger partial charge in [-0.2, -0.15) is 0 Å². The van der Waals surface area contributed by atoms with E-state index in [1.54, 1.807) is 0 Å². The van der Waals surface area contributed by atoms with Gasteiger partial charge in [-0.1, -0.05) is 39.3 Å². The van der Waals surface area contributed by atoms with Crippen LogP contribution in [0.4, 0.5) is 0 Å². The highest BCUT2D eigenvalue weighted by atomic mass is 16.7. The van der Waals surface area contributed by atoms with Crippen LogP contribution < -0.4 is 0 Å². The highest BCUT2D eigenvalue weighted by molar-refractivity contribution is 5.22. The third-order valence-electron chi connectivity index (χ3n) is 16.8. The zero-order chi connectivity index (χ0) is 42.0. The molecule has 330 valence electrons. The van der Waals surface area contributed by atoms with Gasteiger partial charge in [0.05, 0.1) is 44.2 Å². The van der Waals surface area contributed by atoms with Gasteiger partial charge in [0, 0.05) is 5.41 Å². The lowest BCUT2D eigenvalue weighted by Crippen LogP contribution is -2.71. The Kier molecular flexibility index (Phi) is 13.4. The van der Waals surface area contributed by atoms with E-state index >= 15 is 0 Å². The van der Waals surface area contributed by atoms with Gasteiger partial charge in [-0.3, -0.25) is 0 Å². The first-order valence-corrected chi connectivity index (χ1v) is 21.2. The van der Waals surface area contributed by atoms with E-state index in [2.05, 4.69) is 27.7 Å². The van der Waals surface area contributed by atoms with E-state index in [0.717, 1.165) is 24.8 Å². The third-order valence-corrected chi connectivity index (χ3v) is 16.8. The first-order chi connectivity index (χ1) is 26.7. The predicted molar refractivity (Wildman–Crippen MR) is 204 cm³/mol. The molecule has 15 nitrogen and oxygen atoms in total. The van der Waals surface area contributed by atoms with Crippen molar-refractivity contribution in [3.63, 3.8) is 0 Å². The van der Waals surface area contributed by atoms with Crippen molar-refractivity contribution in [3.05, 3.63) is 11.6 Å². The number of hydrogen-bond acceptors (Lipinski definition) is 15. The van der Waals surface area contributed by atoms with Crippen molar-refractivity contribution < 1.29 is 75.1 Å². The van der Waals surface area contributed by atoms with Crippen molar-refractivity contribution in [3.8, 4) is 0 Å². The molecule has 0 amide bonds. The summed E-state index contributed by atoms with van der Waals surface area (Å²) < 4.78 is 24.0. The molecule has 4 saturated carbocycles. The van der Waals surface area contributed by atoms with Gasteiger partial charge in [0.1, 0.15) is 48.8 Å². The molecule has 0 unspecified atom stereocenters. The van der Waals surface area contributed by atoms with Gasteiger partial charge in [0.15, 0.2) is 12.6 Å². The molecule has 0 aromatic heterocycles. The number of hydrogen-bond donors (Lipinski definition) is 11. The van der Waals surface area contributed by atoms with Gasteiger partial charge in [-0.25, -0.2) is 0 Å². The summed E-state index contributed by atoms with van der Waals surface area (Å²) in [5, 5.41) is 118. The van der Waals surface area contributed by atoms with Gasteiger partial charge in [-0.05, 0) is 112 Å². The largest absolute Gasteiger partial charge is 0.396 e. The third kappa shape index (κ3) is 7.39. The van der Waals surface area contributed by atoms with E-state index in [-0.39, 0.29) is 42.3 Å². The van der Waals surface area contributed by atoms with Crippen LogP contribution in [0.2, 0.25) is 0 Å². The molecular formula is C42H72O15. The lowest BCUT2D eigenvalue weighted by Gasteiger charge is -2.71. The minimum absolute atomic E-state index is 0.00297. The maximum Gasteiger partial charge on any atom is 0.187 e. The normalized spacial score (nSPS) is 51.1. The molecule has 20 atom stereocenters. The number of aliphatic hydroxyl groups is 11. The number of aliphatic hydroxyl groups excluding tert-OH is 11. The predicted octanol–water partition coefficient (Wildman–Crippen LogP) is 0.0938. The van der Waals surface area contributed by atoms with Crippen LogP contribution in [-0.4, -0.2) is 162 Å². The van der Waals surface area contributed by atoms with Gasteiger partial charge in [0.2, 0.25) is 0 Å². The summed E-state index contributed by atoms with van der Waals surface area (Å²) in [7, 11) is 0. The zero-order valence-electron chi connectivity index (χ0n) is 34.6. The molecular weight excluding hydrogens is 744 g/mol. The molecule has 0 bridgehead atoms. The van der Waals surface area contributed by atoms with Crippen molar-refractivity contribution in [2.45, 2.75) is 179 Å². The van der Waals surface area contributed by atoms with Crippen molar-refractivity contribution >= 4 is 0 Å². The summed E-state index contributed by atoms with van der Waals surface area (Å²) in [5.41, 5.74) is -2.17. The SMILES string of the molecule is C/C(=C/CC[C@](C)(O[C@@H]1O[C@H](CO)[C@@H](O)[C@H](O)[C@H]1O)[C@H]1CC[C@]2(C)[C@@H]1CC[C@@H]1[C@@]3(C)CC[C@H](O)C(C)(C)[C@@H]3C[C@H](O)[C@]12CO)CO[C@@H]1O[C@H](CO)[C@@H](O)[C@H](O)[C@H]1O. The lowest BCUT2D eigenvalue weighted by atomic mass is 9.34. The average Bonchev–Trinajstić information content (AvgIpc) is 3.54. The van der Waals surface area contributed by atoms with Crippen LogP contribution in [-0.2, 0) is 18.9 Å². The second kappa shape index (κ2) is 16.8. The van der Waals surface area contributed by atoms with Crippen LogP contribution in [0.15, 0.2) is 11.6 Å². The minimum Gasteiger partial charge on any atom is -0.396 e. The minimum atomic E-state index is -1.63. The quantitative estimate of drug-likeness (QED) is 0.117. The molecule has 6 aliphatic rings. The van der Waals surface area contributed by atoms with Crippen LogP contribution in [0.5, 0.6) is 0 Å². The molecule has 11 N–H and O–H groups in total. The summed E-state index contributed by atoms with van der Waals surface area (Å²) in [4.78, 5) is 0. The smallest absolute Gasteiger partial charge is 0.187 e. The van der Waals surface area contributed by atoms with E-state index in [9.17, 15) is 56.2 Å². The van der Waals surface area contributed by atoms with Crippen molar-refractivity contribution in [1.82, 2.24) is 0 Å². The van der Waals surface area contributed by atoms with Gasteiger partial charge < -0.3 is 75.1 Å². The Balaban J connectivity index is 1.27. The lowest BCUT2D eigenvalue weighted by molar-refractivity contribution is -0.335. The first-order valence-electron chi connectivity index (χ1n) is 21.2. The summed E-state index contributed by atoms with van der Waals surface area (Å²) in [6.45, 7) is 11.2. The van der Waals surface area contributed by atoms with Crippen molar-refractivity contribution in [1.29, 1.82) is 0 Å². The van der Waals surface area contributed by atoms with Crippen LogP contribution in [0.1, 0.15) is 99.3 Å². The fraction of sp³-hybridized carbons (Fsp3) is 0.952. The fourth-order valence-electron chi connectivity index (χ4n) is 13.4. The molecule has 4 aliphatic carbocycles. The van der Waals surface area contributed by atoms with E-state index in [1.165, 1.54) is 0 Å². The van der Waals surface area contributed by atoms with Crippen LogP contribution in [0, 0.1) is 45.3 Å². The summed E-state index contributed by atoms with van der Waals surface area (Å²) in [5.74, 6) is -0.0826. The molecule has 0 radical (unpaired) electrons. The summed E-state index contributed by atoms with van der Waals surface area (Å²) in [6, 6.07) is 0. The Bertz CT molecular complexity index is 1410.